The molecule has 1 heterocycles. The lowest BCUT2D eigenvalue weighted by Crippen LogP contribution is -2.39. The van der Waals surface area contributed by atoms with E-state index in [0.717, 1.165) is 0 Å². The van der Waals surface area contributed by atoms with Crippen molar-refractivity contribution in [2.45, 2.75) is 96.6 Å². The molecule has 0 aromatic rings. The number of unbranched alkanes of at least 4 members (excludes halogenated alkanes) is 7. The van der Waals surface area contributed by atoms with E-state index in [9.17, 15) is 0 Å². The summed E-state index contributed by atoms with van der Waals surface area (Å²) in [5.41, 5.74) is 0. The van der Waals surface area contributed by atoms with Crippen LogP contribution in [0.4, 0.5) is 0 Å². The second-order valence-corrected chi connectivity index (χ2v) is 5.94. The van der Waals surface area contributed by atoms with Crippen LogP contribution in [0.3, 0.4) is 0 Å². The Morgan fingerprint density at radius 1 is 1.00 bits per heavy atom. The number of allylic oxidation sites excluding steroid dienone is 1. The van der Waals surface area contributed by atoms with Crippen molar-refractivity contribution >= 4 is 0 Å². The monoisotopic (exact) mass is 251 g/mol. The molecule has 1 aliphatic heterocycles. The van der Waals surface area contributed by atoms with Gasteiger partial charge in [0.15, 0.2) is 0 Å². The maximum absolute atomic E-state index is 3.65. The molecule has 18 heavy (non-hydrogen) atoms. The number of rotatable bonds is 9. The van der Waals surface area contributed by atoms with E-state index in [1.54, 1.807) is 0 Å². The van der Waals surface area contributed by atoms with Gasteiger partial charge in [-0.15, -0.1) is 0 Å². The van der Waals surface area contributed by atoms with Gasteiger partial charge in [0.25, 0.3) is 0 Å². The van der Waals surface area contributed by atoms with Crippen molar-refractivity contribution in [1.29, 1.82) is 0 Å². The van der Waals surface area contributed by atoms with Gasteiger partial charge < -0.3 is 5.32 Å². The predicted octanol–water partition coefficient (Wildman–Crippen LogP) is 5.21. The molecule has 0 aromatic heterocycles. The second-order valence-electron chi connectivity index (χ2n) is 5.94. The topological polar surface area (TPSA) is 12.0 Å². The van der Waals surface area contributed by atoms with Crippen LogP contribution in [0.5, 0.6) is 0 Å². The standard InChI is InChI=1S/C17H33N/c1-3-4-5-6-7-8-9-10-11-14-17-15-12-13-16(2)18-17/h11,14,16-18H,3-10,12-13,15H2,1-2H3. The van der Waals surface area contributed by atoms with Crippen LogP contribution in [-0.2, 0) is 0 Å². The molecule has 2 atom stereocenters. The Labute approximate surface area is 114 Å². The molecule has 0 spiro atoms. The third-order valence-corrected chi connectivity index (χ3v) is 3.99. The van der Waals surface area contributed by atoms with Crippen LogP contribution in [-0.4, -0.2) is 12.1 Å². The fraction of sp³-hybridized carbons (Fsp3) is 0.882. The van der Waals surface area contributed by atoms with Crippen molar-refractivity contribution in [2.75, 3.05) is 0 Å². The lowest BCUT2D eigenvalue weighted by molar-refractivity contribution is 0.374. The van der Waals surface area contributed by atoms with Gasteiger partial charge in [-0.3, -0.25) is 0 Å². The molecule has 0 saturated carbocycles. The molecule has 1 rings (SSSR count). The van der Waals surface area contributed by atoms with Crippen LogP contribution in [0.2, 0.25) is 0 Å². The van der Waals surface area contributed by atoms with Crippen molar-refractivity contribution in [3.63, 3.8) is 0 Å². The molecule has 2 unspecified atom stereocenters. The Morgan fingerprint density at radius 3 is 2.44 bits per heavy atom. The molecule has 0 radical (unpaired) electrons. The fourth-order valence-corrected chi connectivity index (χ4v) is 2.81. The third kappa shape index (κ3) is 7.92. The molecule has 1 saturated heterocycles. The summed E-state index contributed by atoms with van der Waals surface area (Å²) in [6.07, 6.45) is 20.1. The first-order valence-electron chi connectivity index (χ1n) is 8.25. The summed E-state index contributed by atoms with van der Waals surface area (Å²) in [5, 5.41) is 3.65. The van der Waals surface area contributed by atoms with E-state index in [0.29, 0.717) is 12.1 Å². The highest BCUT2D eigenvalue weighted by atomic mass is 14.9. The lowest BCUT2D eigenvalue weighted by Gasteiger charge is -2.26. The third-order valence-electron chi connectivity index (χ3n) is 3.99. The van der Waals surface area contributed by atoms with Gasteiger partial charge in [0.05, 0.1) is 0 Å². The molecule has 1 heteroatoms. The fourth-order valence-electron chi connectivity index (χ4n) is 2.81. The van der Waals surface area contributed by atoms with Gasteiger partial charge in [0.1, 0.15) is 0 Å². The van der Waals surface area contributed by atoms with Gasteiger partial charge in [-0.05, 0) is 32.6 Å². The minimum atomic E-state index is 0.651. The molecule has 106 valence electrons. The van der Waals surface area contributed by atoms with Crippen LogP contribution in [0.15, 0.2) is 12.2 Å². The summed E-state index contributed by atoms with van der Waals surface area (Å²) in [6.45, 7) is 4.58. The van der Waals surface area contributed by atoms with E-state index in [1.807, 2.05) is 0 Å². The van der Waals surface area contributed by atoms with Crippen molar-refractivity contribution < 1.29 is 0 Å². The highest BCUT2D eigenvalue weighted by Crippen LogP contribution is 2.14. The molecule has 1 fully saturated rings. The highest BCUT2D eigenvalue weighted by molar-refractivity contribution is 4.96. The zero-order valence-corrected chi connectivity index (χ0v) is 12.6. The first kappa shape index (κ1) is 15.8. The average Bonchev–Trinajstić information content (AvgIpc) is 2.37. The Morgan fingerprint density at radius 2 is 1.72 bits per heavy atom. The van der Waals surface area contributed by atoms with Crippen LogP contribution in [0, 0.1) is 0 Å². The Bertz CT molecular complexity index is 210. The van der Waals surface area contributed by atoms with Gasteiger partial charge in [-0.25, -0.2) is 0 Å². The van der Waals surface area contributed by atoms with Crippen LogP contribution in [0.1, 0.15) is 84.5 Å². The summed E-state index contributed by atoms with van der Waals surface area (Å²) in [5.74, 6) is 0. The molecule has 1 aliphatic rings. The van der Waals surface area contributed by atoms with Crippen molar-refractivity contribution in [1.82, 2.24) is 5.32 Å². The molecule has 1 N–H and O–H groups in total. The minimum Gasteiger partial charge on any atom is -0.308 e. The Balaban J connectivity index is 1.90. The zero-order valence-electron chi connectivity index (χ0n) is 12.6. The summed E-state index contributed by atoms with van der Waals surface area (Å²) >= 11 is 0. The molecule has 0 amide bonds. The first-order chi connectivity index (χ1) is 8.83. The summed E-state index contributed by atoms with van der Waals surface area (Å²) < 4.78 is 0. The van der Waals surface area contributed by atoms with Crippen LogP contribution < -0.4 is 5.32 Å². The second kappa shape index (κ2) is 10.6. The minimum absolute atomic E-state index is 0.651. The maximum atomic E-state index is 3.65. The molecule has 1 nitrogen and oxygen atoms in total. The van der Waals surface area contributed by atoms with Gasteiger partial charge >= 0.3 is 0 Å². The maximum Gasteiger partial charge on any atom is 0.0252 e. The average molecular weight is 251 g/mol. The molecular formula is C17H33N. The summed E-state index contributed by atoms with van der Waals surface area (Å²) in [4.78, 5) is 0. The van der Waals surface area contributed by atoms with Crippen molar-refractivity contribution in [3.8, 4) is 0 Å². The zero-order chi connectivity index (χ0) is 13.1. The van der Waals surface area contributed by atoms with E-state index in [2.05, 4.69) is 31.3 Å². The quantitative estimate of drug-likeness (QED) is 0.438. The lowest BCUT2D eigenvalue weighted by atomic mass is 9.99. The van der Waals surface area contributed by atoms with Gasteiger partial charge in [0.2, 0.25) is 0 Å². The molecule has 0 aromatic carbocycles. The van der Waals surface area contributed by atoms with Gasteiger partial charge in [-0.2, -0.15) is 0 Å². The smallest absolute Gasteiger partial charge is 0.0252 e. The normalized spacial score (nSPS) is 24.8. The number of nitrogens with one attached hydrogen (secondary N) is 1. The first-order valence-corrected chi connectivity index (χ1v) is 8.25. The largest absolute Gasteiger partial charge is 0.308 e. The van der Waals surface area contributed by atoms with E-state index < -0.39 is 0 Å². The van der Waals surface area contributed by atoms with E-state index in [-0.39, 0.29) is 0 Å². The molecule has 0 bridgehead atoms. The Hall–Kier alpha value is -0.300. The van der Waals surface area contributed by atoms with E-state index >= 15 is 0 Å². The summed E-state index contributed by atoms with van der Waals surface area (Å²) in [7, 11) is 0. The predicted molar refractivity (Wildman–Crippen MR) is 82.0 cm³/mol. The summed E-state index contributed by atoms with van der Waals surface area (Å²) in [6, 6.07) is 1.37. The number of hydrogen-bond acceptors (Lipinski definition) is 1. The van der Waals surface area contributed by atoms with Crippen LogP contribution in [0.25, 0.3) is 0 Å². The van der Waals surface area contributed by atoms with Crippen molar-refractivity contribution in [2.24, 2.45) is 0 Å². The van der Waals surface area contributed by atoms with Crippen molar-refractivity contribution in [3.05, 3.63) is 12.2 Å². The molecule has 0 aliphatic carbocycles. The van der Waals surface area contributed by atoms with E-state index in [1.165, 1.54) is 70.6 Å². The van der Waals surface area contributed by atoms with Crippen LogP contribution >= 0.6 is 0 Å². The van der Waals surface area contributed by atoms with Gasteiger partial charge in [-0.1, -0.05) is 64.0 Å². The highest BCUT2D eigenvalue weighted by Gasteiger charge is 2.14. The SMILES string of the molecule is CCCCCCCCCC=CC1CCCC(C)N1. The van der Waals surface area contributed by atoms with E-state index in [4.69, 9.17) is 0 Å². The van der Waals surface area contributed by atoms with Gasteiger partial charge in [0, 0.05) is 12.1 Å². The number of piperidine rings is 1. The number of hydrogen-bond donors (Lipinski definition) is 1. The Kier molecular flexibility index (Phi) is 9.28. The molecular weight excluding hydrogens is 218 g/mol.